The summed E-state index contributed by atoms with van der Waals surface area (Å²) in [6.45, 7) is 11.8. The Bertz CT molecular complexity index is 1160. The van der Waals surface area contributed by atoms with Gasteiger partial charge in [0.25, 0.3) is 0 Å². The zero-order valence-corrected chi connectivity index (χ0v) is 20.5. The monoisotopic (exact) mass is 462 g/mol. The van der Waals surface area contributed by atoms with Crippen molar-refractivity contribution >= 4 is 16.9 Å². The van der Waals surface area contributed by atoms with Gasteiger partial charge in [0.05, 0.1) is 5.52 Å². The molecule has 6 heteroatoms. The highest BCUT2D eigenvalue weighted by Crippen LogP contribution is 2.36. The van der Waals surface area contributed by atoms with Crippen molar-refractivity contribution in [3.63, 3.8) is 0 Å². The molecule has 0 saturated carbocycles. The summed E-state index contributed by atoms with van der Waals surface area (Å²) < 4.78 is 15.7. The minimum Gasteiger partial charge on any atom is -0.322 e. The van der Waals surface area contributed by atoms with Crippen molar-refractivity contribution in [3.8, 4) is 5.69 Å². The number of halogens is 1. The molecule has 2 amide bonds. The van der Waals surface area contributed by atoms with Gasteiger partial charge in [-0.15, -0.1) is 0 Å². The van der Waals surface area contributed by atoms with Crippen LogP contribution in [-0.2, 0) is 0 Å². The predicted octanol–water partition coefficient (Wildman–Crippen LogP) is 5.40. The van der Waals surface area contributed by atoms with E-state index in [9.17, 15) is 9.18 Å². The zero-order chi connectivity index (χ0) is 23.8. The fourth-order valence-corrected chi connectivity index (χ4v) is 5.52. The number of likely N-dealkylation sites (tertiary alicyclic amines) is 1. The minimum atomic E-state index is -0.212. The van der Waals surface area contributed by atoms with Crippen LogP contribution >= 0.6 is 0 Å². The van der Waals surface area contributed by atoms with Crippen LogP contribution in [0.15, 0.2) is 48.7 Å². The van der Waals surface area contributed by atoms with Crippen LogP contribution in [0.1, 0.15) is 43.7 Å². The average molecular weight is 463 g/mol. The second kappa shape index (κ2) is 9.41. The molecule has 0 aliphatic carbocycles. The number of amides is 2. The van der Waals surface area contributed by atoms with Gasteiger partial charge in [-0.2, -0.15) is 0 Å². The van der Waals surface area contributed by atoms with E-state index in [0.717, 1.165) is 57.8 Å². The standard InChI is InChI=1S/C28H35FN4O/c1-20(2)32-17-16-31(28(32)34)15-14-30-12-10-22(11-13-30)26-19-33(24-7-5-23(29)6-8-24)27-18-21(3)4-9-25(26)27/h4-9,18-20,22H,10-17H2,1-3H3. The van der Waals surface area contributed by atoms with Crippen LogP contribution < -0.4 is 0 Å². The van der Waals surface area contributed by atoms with Crippen molar-refractivity contribution in [1.82, 2.24) is 19.3 Å². The second-order valence-corrected chi connectivity index (χ2v) is 10.1. The Kier molecular flexibility index (Phi) is 6.34. The molecule has 0 spiro atoms. The van der Waals surface area contributed by atoms with Gasteiger partial charge < -0.3 is 19.3 Å². The van der Waals surface area contributed by atoms with Crippen molar-refractivity contribution in [1.29, 1.82) is 0 Å². The maximum absolute atomic E-state index is 13.5. The number of nitrogens with zero attached hydrogens (tertiary/aromatic N) is 4. The van der Waals surface area contributed by atoms with E-state index in [1.165, 1.54) is 34.2 Å². The minimum absolute atomic E-state index is 0.189. The van der Waals surface area contributed by atoms with Crippen molar-refractivity contribution in [3.05, 3.63) is 65.6 Å². The number of benzene rings is 2. The molecule has 2 saturated heterocycles. The first-order valence-electron chi connectivity index (χ1n) is 12.6. The van der Waals surface area contributed by atoms with Gasteiger partial charge in [-0.1, -0.05) is 12.1 Å². The number of rotatable bonds is 6. The molecular formula is C28H35FN4O. The Morgan fingerprint density at radius 1 is 0.971 bits per heavy atom. The lowest BCUT2D eigenvalue weighted by Crippen LogP contribution is -2.41. The van der Waals surface area contributed by atoms with Gasteiger partial charge in [0.2, 0.25) is 0 Å². The van der Waals surface area contributed by atoms with E-state index < -0.39 is 0 Å². The third-order valence-electron chi connectivity index (χ3n) is 7.56. The number of fused-ring (bicyclic) bond motifs is 1. The highest BCUT2D eigenvalue weighted by molar-refractivity contribution is 5.87. The van der Waals surface area contributed by atoms with Crippen LogP contribution in [0.4, 0.5) is 9.18 Å². The van der Waals surface area contributed by atoms with Crippen molar-refractivity contribution in [2.45, 2.75) is 45.6 Å². The summed E-state index contributed by atoms with van der Waals surface area (Å²) in [7, 11) is 0. The maximum Gasteiger partial charge on any atom is 0.320 e. The van der Waals surface area contributed by atoms with Gasteiger partial charge in [-0.05, 0) is 94.1 Å². The van der Waals surface area contributed by atoms with Crippen LogP contribution in [-0.4, -0.2) is 70.6 Å². The highest BCUT2D eigenvalue weighted by atomic mass is 19.1. The molecule has 2 fully saturated rings. The first-order valence-corrected chi connectivity index (χ1v) is 12.6. The van der Waals surface area contributed by atoms with Crippen molar-refractivity contribution < 1.29 is 9.18 Å². The van der Waals surface area contributed by atoms with Gasteiger partial charge in [-0.3, -0.25) is 0 Å². The lowest BCUT2D eigenvalue weighted by Gasteiger charge is -2.33. The van der Waals surface area contributed by atoms with Gasteiger partial charge in [-0.25, -0.2) is 9.18 Å². The van der Waals surface area contributed by atoms with E-state index in [4.69, 9.17) is 0 Å². The fourth-order valence-electron chi connectivity index (χ4n) is 5.52. The lowest BCUT2D eigenvalue weighted by atomic mass is 9.89. The van der Waals surface area contributed by atoms with Crippen LogP contribution in [0.25, 0.3) is 16.6 Å². The summed E-state index contributed by atoms with van der Waals surface area (Å²) in [5.41, 5.74) is 4.79. The summed E-state index contributed by atoms with van der Waals surface area (Å²) in [4.78, 5) is 19.0. The van der Waals surface area contributed by atoms with Crippen molar-refractivity contribution in [2.75, 3.05) is 39.3 Å². The molecule has 0 unspecified atom stereocenters. The molecule has 2 aliphatic rings. The van der Waals surface area contributed by atoms with Gasteiger partial charge in [0.15, 0.2) is 0 Å². The first-order chi connectivity index (χ1) is 16.4. The van der Waals surface area contributed by atoms with E-state index in [-0.39, 0.29) is 17.9 Å². The van der Waals surface area contributed by atoms with Crippen LogP contribution in [0.3, 0.4) is 0 Å². The SMILES string of the molecule is Cc1ccc2c(C3CCN(CCN4CCN(C(C)C)C4=O)CC3)cn(-c3ccc(F)cc3)c2c1. The van der Waals surface area contributed by atoms with Crippen molar-refractivity contribution in [2.24, 2.45) is 0 Å². The normalized spacial score (nSPS) is 18.1. The number of carbonyl (C=O) groups is 1. The quantitative estimate of drug-likeness (QED) is 0.491. The smallest absolute Gasteiger partial charge is 0.320 e. The summed E-state index contributed by atoms with van der Waals surface area (Å²) in [6, 6.07) is 13.9. The number of hydrogen-bond acceptors (Lipinski definition) is 2. The number of hydrogen-bond donors (Lipinski definition) is 0. The summed E-state index contributed by atoms with van der Waals surface area (Å²) in [5.74, 6) is 0.296. The lowest BCUT2D eigenvalue weighted by molar-refractivity contribution is 0.166. The molecule has 0 bridgehead atoms. The molecule has 180 valence electrons. The Morgan fingerprint density at radius 2 is 1.71 bits per heavy atom. The molecule has 1 aromatic heterocycles. The largest absolute Gasteiger partial charge is 0.322 e. The molecule has 0 N–H and O–H groups in total. The molecule has 5 nitrogen and oxygen atoms in total. The Hall–Kier alpha value is -2.86. The molecule has 5 rings (SSSR count). The number of carbonyl (C=O) groups excluding carboxylic acids is 1. The van der Waals surface area contributed by atoms with E-state index in [2.05, 4.69) is 54.6 Å². The van der Waals surface area contributed by atoms with Crippen LogP contribution in [0.5, 0.6) is 0 Å². The molecule has 3 aromatic rings. The number of aromatic nitrogens is 1. The first kappa shape index (κ1) is 22.9. The fraction of sp³-hybridized carbons (Fsp3) is 0.464. The predicted molar refractivity (Wildman–Crippen MR) is 135 cm³/mol. The van der Waals surface area contributed by atoms with E-state index in [0.29, 0.717) is 5.92 Å². The number of urea groups is 1. The topological polar surface area (TPSA) is 31.7 Å². The third kappa shape index (κ3) is 4.43. The van der Waals surface area contributed by atoms with Crippen LogP contribution in [0, 0.1) is 12.7 Å². The molecule has 3 heterocycles. The molecule has 2 aliphatic heterocycles. The molecule has 0 atom stereocenters. The number of aryl methyl sites for hydroxylation is 1. The Balaban J connectivity index is 1.27. The maximum atomic E-state index is 13.5. The van der Waals surface area contributed by atoms with E-state index in [1.807, 2.05) is 21.9 Å². The zero-order valence-electron chi connectivity index (χ0n) is 20.5. The van der Waals surface area contributed by atoms with Gasteiger partial charge in [0, 0.05) is 49.5 Å². The summed E-state index contributed by atoms with van der Waals surface area (Å²) in [6.07, 6.45) is 4.49. The molecule has 34 heavy (non-hydrogen) atoms. The van der Waals surface area contributed by atoms with Gasteiger partial charge in [0.1, 0.15) is 5.82 Å². The second-order valence-electron chi connectivity index (χ2n) is 10.1. The average Bonchev–Trinajstić information content (AvgIpc) is 3.39. The molecular weight excluding hydrogens is 427 g/mol. The van der Waals surface area contributed by atoms with E-state index >= 15 is 0 Å². The van der Waals surface area contributed by atoms with Crippen LogP contribution in [0.2, 0.25) is 0 Å². The Labute approximate surface area is 201 Å². The summed E-state index contributed by atoms with van der Waals surface area (Å²) >= 11 is 0. The Morgan fingerprint density at radius 3 is 2.38 bits per heavy atom. The highest BCUT2D eigenvalue weighted by Gasteiger charge is 2.31. The third-order valence-corrected chi connectivity index (χ3v) is 7.56. The van der Waals surface area contributed by atoms with Gasteiger partial charge >= 0.3 is 6.03 Å². The van der Waals surface area contributed by atoms with E-state index in [1.54, 1.807) is 0 Å². The molecule has 0 radical (unpaired) electrons. The number of piperidine rings is 1. The summed E-state index contributed by atoms with van der Waals surface area (Å²) in [5, 5.41) is 1.30. The molecule has 2 aromatic carbocycles.